The third-order valence-electron chi connectivity index (χ3n) is 4.97. The molecule has 2 aromatic carbocycles. The van der Waals surface area contributed by atoms with Crippen molar-refractivity contribution in [3.05, 3.63) is 58.6 Å². The van der Waals surface area contributed by atoms with Crippen LogP contribution in [0.3, 0.4) is 0 Å². The van der Waals surface area contributed by atoms with Gasteiger partial charge in [-0.15, -0.1) is 0 Å². The standard InChI is InChI=1S/C22H27ClN2O3/c1-25(15-17-7-4-3-6-16(17)10-22(26)27-2)20-12-18(23)11-19(13-20)24-14-21-8-5-9-28-21/h3-4,6-7,11-13,21,24H,5,8-10,14-15H2,1-2H3/t21-/m0/s1. The Morgan fingerprint density at radius 2 is 2.07 bits per heavy atom. The molecule has 0 amide bonds. The Morgan fingerprint density at radius 3 is 2.79 bits per heavy atom. The maximum Gasteiger partial charge on any atom is 0.309 e. The van der Waals surface area contributed by atoms with E-state index >= 15 is 0 Å². The van der Waals surface area contributed by atoms with Crippen molar-refractivity contribution in [1.29, 1.82) is 0 Å². The highest BCUT2D eigenvalue weighted by atomic mass is 35.5. The molecule has 150 valence electrons. The minimum absolute atomic E-state index is 0.238. The van der Waals surface area contributed by atoms with Crippen molar-refractivity contribution in [3.63, 3.8) is 0 Å². The van der Waals surface area contributed by atoms with Crippen LogP contribution >= 0.6 is 11.6 Å². The summed E-state index contributed by atoms with van der Waals surface area (Å²) in [5, 5.41) is 4.12. The lowest BCUT2D eigenvalue weighted by Crippen LogP contribution is -2.20. The van der Waals surface area contributed by atoms with Crippen LogP contribution in [0.2, 0.25) is 5.02 Å². The molecule has 1 fully saturated rings. The summed E-state index contributed by atoms with van der Waals surface area (Å²) in [5.41, 5.74) is 4.05. The van der Waals surface area contributed by atoms with Crippen molar-refractivity contribution < 1.29 is 14.3 Å². The van der Waals surface area contributed by atoms with Crippen LogP contribution in [0.15, 0.2) is 42.5 Å². The number of rotatable bonds is 8. The molecule has 1 N–H and O–H groups in total. The second-order valence-electron chi connectivity index (χ2n) is 7.09. The minimum atomic E-state index is -0.238. The first-order valence-electron chi connectivity index (χ1n) is 9.56. The van der Waals surface area contributed by atoms with Crippen LogP contribution in [0.25, 0.3) is 0 Å². The van der Waals surface area contributed by atoms with E-state index in [2.05, 4.69) is 16.3 Å². The van der Waals surface area contributed by atoms with E-state index in [0.717, 1.165) is 48.5 Å². The molecule has 0 saturated carbocycles. The molecule has 0 radical (unpaired) electrons. The largest absolute Gasteiger partial charge is 0.469 e. The number of carbonyl (C=O) groups is 1. The summed E-state index contributed by atoms with van der Waals surface area (Å²) in [6.45, 7) is 2.30. The van der Waals surface area contributed by atoms with Crippen LogP contribution in [-0.4, -0.2) is 39.4 Å². The van der Waals surface area contributed by atoms with Crippen molar-refractivity contribution in [2.24, 2.45) is 0 Å². The average Bonchev–Trinajstić information content (AvgIpc) is 3.21. The van der Waals surface area contributed by atoms with Crippen molar-refractivity contribution in [2.75, 3.05) is 37.5 Å². The van der Waals surface area contributed by atoms with Crippen molar-refractivity contribution >= 4 is 28.9 Å². The summed E-state index contributed by atoms with van der Waals surface area (Å²) in [7, 11) is 3.43. The predicted octanol–water partition coefficient (Wildman–Crippen LogP) is 4.28. The Morgan fingerprint density at radius 1 is 1.29 bits per heavy atom. The van der Waals surface area contributed by atoms with Gasteiger partial charge in [-0.2, -0.15) is 0 Å². The molecule has 0 aromatic heterocycles. The van der Waals surface area contributed by atoms with Crippen molar-refractivity contribution in [2.45, 2.75) is 31.9 Å². The summed E-state index contributed by atoms with van der Waals surface area (Å²) in [6, 6.07) is 13.9. The normalized spacial score (nSPS) is 16.0. The zero-order valence-electron chi connectivity index (χ0n) is 16.4. The molecule has 6 heteroatoms. The molecule has 1 aliphatic rings. The molecule has 3 rings (SSSR count). The highest BCUT2D eigenvalue weighted by Gasteiger charge is 2.15. The Balaban J connectivity index is 1.70. The van der Waals surface area contributed by atoms with Crippen LogP contribution in [-0.2, 0) is 27.2 Å². The molecule has 2 aromatic rings. The number of ether oxygens (including phenoxy) is 2. The highest BCUT2D eigenvalue weighted by Crippen LogP contribution is 2.27. The van der Waals surface area contributed by atoms with Gasteiger partial charge in [-0.1, -0.05) is 35.9 Å². The number of hydrogen-bond acceptors (Lipinski definition) is 5. The fraction of sp³-hybridized carbons (Fsp3) is 0.409. The molecule has 1 atom stereocenters. The van der Waals surface area contributed by atoms with Gasteiger partial charge < -0.3 is 19.7 Å². The maximum absolute atomic E-state index is 11.7. The Hall–Kier alpha value is -2.24. The minimum Gasteiger partial charge on any atom is -0.469 e. The number of carbonyl (C=O) groups excluding carboxylic acids is 1. The zero-order valence-corrected chi connectivity index (χ0v) is 17.2. The first-order valence-corrected chi connectivity index (χ1v) is 9.93. The van der Waals surface area contributed by atoms with Gasteiger partial charge in [0, 0.05) is 43.1 Å². The fourth-order valence-electron chi connectivity index (χ4n) is 3.39. The van der Waals surface area contributed by atoms with Crippen LogP contribution in [0.5, 0.6) is 0 Å². The molecular formula is C22H27ClN2O3. The van der Waals surface area contributed by atoms with E-state index in [1.54, 1.807) is 0 Å². The third-order valence-corrected chi connectivity index (χ3v) is 5.19. The predicted molar refractivity (Wildman–Crippen MR) is 113 cm³/mol. The summed E-state index contributed by atoms with van der Waals surface area (Å²) in [5.74, 6) is -0.238. The van der Waals surface area contributed by atoms with Gasteiger partial charge in [0.15, 0.2) is 0 Å². The number of nitrogens with zero attached hydrogens (tertiary/aromatic N) is 1. The summed E-state index contributed by atoms with van der Waals surface area (Å²) < 4.78 is 10.5. The topological polar surface area (TPSA) is 50.8 Å². The van der Waals surface area contributed by atoms with E-state index in [1.807, 2.05) is 43.4 Å². The molecule has 5 nitrogen and oxygen atoms in total. The molecule has 0 bridgehead atoms. The lowest BCUT2D eigenvalue weighted by Gasteiger charge is -2.22. The monoisotopic (exact) mass is 402 g/mol. The van der Waals surface area contributed by atoms with Gasteiger partial charge in [0.25, 0.3) is 0 Å². The first-order chi connectivity index (χ1) is 13.5. The lowest BCUT2D eigenvalue weighted by molar-refractivity contribution is -0.139. The SMILES string of the molecule is COC(=O)Cc1ccccc1CN(C)c1cc(Cl)cc(NC[C@@H]2CCCO2)c1. The van der Waals surface area contributed by atoms with E-state index in [0.29, 0.717) is 11.6 Å². The van der Waals surface area contributed by atoms with Gasteiger partial charge in [-0.3, -0.25) is 4.79 Å². The number of nitrogens with one attached hydrogen (secondary N) is 1. The second kappa shape index (κ2) is 9.80. The van der Waals surface area contributed by atoms with Crippen LogP contribution in [0.1, 0.15) is 24.0 Å². The molecule has 0 spiro atoms. The van der Waals surface area contributed by atoms with Gasteiger partial charge in [-0.05, 0) is 42.2 Å². The number of esters is 1. The van der Waals surface area contributed by atoms with Gasteiger partial charge in [0.2, 0.25) is 0 Å². The van der Waals surface area contributed by atoms with Gasteiger partial charge in [0.1, 0.15) is 0 Å². The van der Waals surface area contributed by atoms with Crippen LogP contribution in [0.4, 0.5) is 11.4 Å². The smallest absolute Gasteiger partial charge is 0.309 e. The Bertz CT molecular complexity index is 806. The number of methoxy groups -OCH3 is 1. The summed E-state index contributed by atoms with van der Waals surface area (Å²) >= 11 is 6.35. The molecule has 0 unspecified atom stereocenters. The first kappa shape index (κ1) is 20.5. The van der Waals surface area contributed by atoms with E-state index in [4.69, 9.17) is 21.1 Å². The quantitative estimate of drug-likeness (QED) is 0.668. The summed E-state index contributed by atoms with van der Waals surface area (Å²) in [6.07, 6.45) is 2.76. The molecule has 1 heterocycles. The van der Waals surface area contributed by atoms with Crippen molar-refractivity contribution in [3.8, 4) is 0 Å². The van der Waals surface area contributed by atoms with Crippen molar-refractivity contribution in [1.82, 2.24) is 0 Å². The molecule has 28 heavy (non-hydrogen) atoms. The van der Waals surface area contributed by atoms with E-state index in [-0.39, 0.29) is 18.5 Å². The fourth-order valence-corrected chi connectivity index (χ4v) is 3.62. The molecule has 1 aliphatic heterocycles. The molecule has 1 saturated heterocycles. The number of hydrogen-bond donors (Lipinski definition) is 1. The average molecular weight is 403 g/mol. The number of benzene rings is 2. The van der Waals surface area contributed by atoms with Crippen LogP contribution in [0, 0.1) is 0 Å². The van der Waals surface area contributed by atoms with E-state index < -0.39 is 0 Å². The van der Waals surface area contributed by atoms with Crippen LogP contribution < -0.4 is 10.2 Å². The van der Waals surface area contributed by atoms with E-state index in [9.17, 15) is 4.79 Å². The van der Waals surface area contributed by atoms with Gasteiger partial charge in [0.05, 0.1) is 19.6 Å². The molecular weight excluding hydrogens is 376 g/mol. The summed E-state index contributed by atoms with van der Waals surface area (Å²) in [4.78, 5) is 13.8. The maximum atomic E-state index is 11.7. The second-order valence-corrected chi connectivity index (χ2v) is 7.53. The highest BCUT2D eigenvalue weighted by molar-refractivity contribution is 6.31. The van der Waals surface area contributed by atoms with Gasteiger partial charge >= 0.3 is 5.97 Å². The third kappa shape index (κ3) is 5.63. The van der Waals surface area contributed by atoms with Gasteiger partial charge in [-0.25, -0.2) is 0 Å². The lowest BCUT2D eigenvalue weighted by atomic mass is 10.0. The number of anilines is 2. The zero-order chi connectivity index (χ0) is 19.9. The molecule has 0 aliphatic carbocycles. The number of halogens is 1. The Kier molecular flexibility index (Phi) is 7.18. The van der Waals surface area contributed by atoms with E-state index in [1.165, 1.54) is 7.11 Å². The Labute approximate surface area is 171 Å².